The highest BCUT2D eigenvalue weighted by atomic mass is 19.4. The molecule has 7 heteroatoms. The van der Waals surface area contributed by atoms with E-state index in [-0.39, 0.29) is 5.75 Å². The largest absolute Gasteiger partial charge is 0.573 e. The lowest BCUT2D eigenvalue weighted by atomic mass is 10.0. The van der Waals surface area contributed by atoms with Gasteiger partial charge in [-0.15, -0.1) is 13.2 Å². The fourth-order valence-corrected chi connectivity index (χ4v) is 3.84. The highest BCUT2D eigenvalue weighted by Crippen LogP contribution is 2.35. The Morgan fingerprint density at radius 3 is 2.27 bits per heavy atom. The van der Waals surface area contributed by atoms with Crippen LogP contribution in [-0.4, -0.2) is 26.1 Å². The van der Waals surface area contributed by atoms with E-state index in [4.69, 9.17) is 9.47 Å². The van der Waals surface area contributed by atoms with E-state index in [1.807, 2.05) is 53.4 Å². The van der Waals surface area contributed by atoms with E-state index in [9.17, 15) is 13.2 Å². The van der Waals surface area contributed by atoms with Crippen LogP contribution < -0.4 is 14.4 Å². The molecule has 0 aromatic heterocycles. The molecule has 0 aliphatic heterocycles. The van der Waals surface area contributed by atoms with Gasteiger partial charge in [0.25, 0.3) is 0 Å². The Hall–Kier alpha value is -3.45. The molecule has 0 aliphatic rings. The molecule has 0 radical (unpaired) electrons. The Labute approximate surface area is 217 Å². The molecular formula is C30H34F3NO3. The van der Waals surface area contributed by atoms with Gasteiger partial charge < -0.3 is 19.1 Å². The molecule has 3 aromatic carbocycles. The minimum atomic E-state index is -4.72. The molecule has 0 saturated carbocycles. The predicted octanol–water partition coefficient (Wildman–Crippen LogP) is 8.38. The van der Waals surface area contributed by atoms with Crippen LogP contribution in [0.25, 0.3) is 11.1 Å². The number of ether oxygens (including phenoxy) is 3. The molecule has 37 heavy (non-hydrogen) atoms. The summed E-state index contributed by atoms with van der Waals surface area (Å²) in [5, 5.41) is 0. The summed E-state index contributed by atoms with van der Waals surface area (Å²) < 4.78 is 53.5. The summed E-state index contributed by atoms with van der Waals surface area (Å²) in [7, 11) is 0. The number of alkyl halides is 3. The smallest absolute Gasteiger partial charge is 0.491 e. The number of rotatable bonds is 15. The van der Waals surface area contributed by atoms with Crippen molar-refractivity contribution in [3.05, 3.63) is 91.1 Å². The van der Waals surface area contributed by atoms with Crippen molar-refractivity contribution in [3.63, 3.8) is 0 Å². The molecule has 0 atom stereocenters. The van der Waals surface area contributed by atoms with Gasteiger partial charge in [-0.1, -0.05) is 74.9 Å². The van der Waals surface area contributed by atoms with Gasteiger partial charge in [-0.05, 0) is 60.0 Å². The summed E-state index contributed by atoms with van der Waals surface area (Å²) in [4.78, 5) is 2.02. The standard InChI is InChI=1S/C30H34F3NO3/c1-3-5-9-21-36-29-18-15-26(25-13-16-27(17-14-25)37-30(31,32)33)22-28(29)34(4-2)19-10-20-35-23-24-11-7-6-8-12-24/h4,6-8,11-18,22H,2-3,5,9-10,19-21,23H2,1H3. The van der Waals surface area contributed by atoms with Crippen molar-refractivity contribution in [1.82, 2.24) is 0 Å². The third-order valence-electron chi connectivity index (χ3n) is 5.71. The van der Waals surface area contributed by atoms with Gasteiger partial charge in [-0.25, -0.2) is 0 Å². The molecule has 4 nitrogen and oxygen atoms in total. The van der Waals surface area contributed by atoms with Crippen molar-refractivity contribution in [1.29, 1.82) is 0 Å². The highest BCUT2D eigenvalue weighted by molar-refractivity contribution is 5.73. The molecule has 0 heterocycles. The maximum atomic E-state index is 12.5. The molecule has 0 N–H and O–H groups in total. The van der Waals surface area contributed by atoms with Crippen LogP contribution in [0.2, 0.25) is 0 Å². The predicted molar refractivity (Wildman–Crippen MR) is 142 cm³/mol. The number of halogens is 3. The molecule has 3 rings (SSSR count). The number of hydrogen-bond acceptors (Lipinski definition) is 4. The number of benzene rings is 3. The van der Waals surface area contributed by atoms with Crippen LogP contribution in [0.15, 0.2) is 85.6 Å². The van der Waals surface area contributed by atoms with Gasteiger partial charge in [0.15, 0.2) is 0 Å². The summed E-state index contributed by atoms with van der Waals surface area (Å²) >= 11 is 0. The molecule has 0 unspecified atom stereocenters. The number of unbranched alkanes of at least 4 members (excludes halogenated alkanes) is 2. The van der Waals surface area contributed by atoms with E-state index in [0.717, 1.165) is 53.8 Å². The molecule has 3 aromatic rings. The zero-order valence-electron chi connectivity index (χ0n) is 21.2. The summed E-state index contributed by atoms with van der Waals surface area (Å²) in [6.07, 6.45) is 0.965. The van der Waals surface area contributed by atoms with Crippen molar-refractivity contribution in [3.8, 4) is 22.6 Å². The maximum Gasteiger partial charge on any atom is 0.573 e. The Morgan fingerprint density at radius 2 is 1.59 bits per heavy atom. The van der Waals surface area contributed by atoms with Crippen molar-refractivity contribution < 1.29 is 27.4 Å². The molecule has 0 spiro atoms. The first-order valence-electron chi connectivity index (χ1n) is 12.5. The van der Waals surface area contributed by atoms with E-state index in [1.165, 1.54) is 12.1 Å². The summed E-state index contributed by atoms with van der Waals surface area (Å²) in [5.74, 6) is 0.484. The minimum absolute atomic E-state index is 0.254. The Kier molecular flexibility index (Phi) is 10.9. The second-order valence-electron chi connectivity index (χ2n) is 8.58. The molecule has 0 saturated heterocycles. The van der Waals surface area contributed by atoms with E-state index < -0.39 is 6.36 Å². The summed E-state index contributed by atoms with van der Waals surface area (Å²) in [5.41, 5.74) is 3.60. The summed E-state index contributed by atoms with van der Waals surface area (Å²) in [6, 6.07) is 21.6. The van der Waals surface area contributed by atoms with Gasteiger partial charge in [0.05, 0.1) is 18.9 Å². The summed E-state index contributed by atoms with van der Waals surface area (Å²) in [6.45, 7) is 8.56. The van der Waals surface area contributed by atoms with Gasteiger partial charge >= 0.3 is 6.36 Å². The lowest BCUT2D eigenvalue weighted by Gasteiger charge is -2.24. The van der Waals surface area contributed by atoms with Gasteiger partial charge in [0, 0.05) is 13.2 Å². The van der Waals surface area contributed by atoms with Crippen molar-refractivity contribution in [2.45, 2.75) is 45.6 Å². The average Bonchev–Trinajstić information content (AvgIpc) is 2.89. The third-order valence-corrected chi connectivity index (χ3v) is 5.71. The minimum Gasteiger partial charge on any atom is -0.491 e. The first-order valence-corrected chi connectivity index (χ1v) is 12.5. The van der Waals surface area contributed by atoms with Gasteiger partial charge in [0.2, 0.25) is 0 Å². The van der Waals surface area contributed by atoms with Crippen LogP contribution in [0.5, 0.6) is 11.5 Å². The van der Waals surface area contributed by atoms with E-state index in [2.05, 4.69) is 18.2 Å². The average molecular weight is 514 g/mol. The number of anilines is 1. The lowest BCUT2D eigenvalue weighted by Crippen LogP contribution is -2.19. The molecule has 0 aliphatic carbocycles. The third kappa shape index (κ3) is 9.50. The Bertz CT molecular complexity index is 1090. The Morgan fingerprint density at radius 1 is 0.865 bits per heavy atom. The second kappa shape index (κ2) is 14.3. The van der Waals surface area contributed by atoms with Crippen LogP contribution in [0.3, 0.4) is 0 Å². The normalized spacial score (nSPS) is 11.2. The first kappa shape index (κ1) is 28.1. The molecule has 0 fully saturated rings. The monoisotopic (exact) mass is 513 g/mol. The second-order valence-corrected chi connectivity index (χ2v) is 8.58. The quantitative estimate of drug-likeness (QED) is 0.191. The number of hydrogen-bond donors (Lipinski definition) is 0. The van der Waals surface area contributed by atoms with Gasteiger partial charge in [0.1, 0.15) is 11.5 Å². The van der Waals surface area contributed by atoms with Crippen molar-refractivity contribution >= 4 is 5.69 Å². The zero-order valence-corrected chi connectivity index (χ0v) is 21.2. The highest BCUT2D eigenvalue weighted by Gasteiger charge is 2.31. The van der Waals surface area contributed by atoms with Crippen LogP contribution in [0, 0.1) is 0 Å². The fourth-order valence-electron chi connectivity index (χ4n) is 3.84. The number of nitrogens with zero attached hydrogens (tertiary/aromatic N) is 1. The molecular weight excluding hydrogens is 479 g/mol. The van der Waals surface area contributed by atoms with E-state index in [0.29, 0.717) is 26.4 Å². The molecule has 0 amide bonds. The molecule has 198 valence electrons. The van der Waals surface area contributed by atoms with Crippen molar-refractivity contribution in [2.75, 3.05) is 24.7 Å². The molecule has 0 bridgehead atoms. The van der Waals surface area contributed by atoms with E-state index in [1.54, 1.807) is 18.3 Å². The maximum absolute atomic E-state index is 12.5. The fraction of sp³-hybridized carbons (Fsp3) is 0.333. The van der Waals surface area contributed by atoms with Crippen LogP contribution in [0.1, 0.15) is 38.2 Å². The van der Waals surface area contributed by atoms with E-state index >= 15 is 0 Å². The SMILES string of the molecule is C=CN(CCCOCc1ccccc1)c1cc(-c2ccc(OC(F)(F)F)cc2)ccc1OCCCCC. The first-order chi connectivity index (χ1) is 17.9. The van der Waals surface area contributed by atoms with Gasteiger partial charge in [-0.2, -0.15) is 0 Å². The Balaban J connectivity index is 1.71. The van der Waals surface area contributed by atoms with Crippen LogP contribution in [-0.2, 0) is 11.3 Å². The van der Waals surface area contributed by atoms with Crippen LogP contribution >= 0.6 is 0 Å². The topological polar surface area (TPSA) is 30.9 Å². The zero-order chi connectivity index (χ0) is 26.5. The van der Waals surface area contributed by atoms with Crippen molar-refractivity contribution in [2.24, 2.45) is 0 Å². The lowest BCUT2D eigenvalue weighted by molar-refractivity contribution is -0.274. The van der Waals surface area contributed by atoms with Crippen LogP contribution in [0.4, 0.5) is 18.9 Å². The van der Waals surface area contributed by atoms with Gasteiger partial charge in [-0.3, -0.25) is 0 Å².